The number of aryl methyl sites for hydroxylation is 2. The molecule has 2 aromatic carbocycles. The minimum Gasteiger partial charge on any atom is -0.376 e. The second-order valence-electron chi connectivity index (χ2n) is 6.57. The van der Waals surface area contributed by atoms with Crippen LogP contribution in [0.3, 0.4) is 0 Å². The van der Waals surface area contributed by atoms with E-state index in [-0.39, 0.29) is 12.0 Å². The number of aliphatic imine (C=N–C) groups is 1. The quantitative estimate of drug-likeness (QED) is 0.652. The smallest absolute Gasteiger partial charge is 0.257 e. The number of amides is 1. The standard InChI is InChI=1S/C21H25N3O2/c1-15-10-11-18(13-16(15)2)23-21(22-14-19-9-6-12-26-19)24-20(25)17-7-4-3-5-8-17/h3-5,7-8,10-11,13,19H,6,9,12,14H2,1-2H3,(H2,22,23,24,25). The predicted octanol–water partition coefficient (Wildman–Crippen LogP) is 3.68. The van der Waals surface area contributed by atoms with Gasteiger partial charge in [0.15, 0.2) is 0 Å². The third-order valence-corrected chi connectivity index (χ3v) is 4.51. The maximum Gasteiger partial charge on any atom is 0.257 e. The summed E-state index contributed by atoms with van der Waals surface area (Å²) in [5.74, 6) is 0.255. The number of nitrogens with one attached hydrogen (secondary N) is 2. The number of nitrogens with zero attached hydrogens (tertiary/aromatic N) is 1. The van der Waals surface area contributed by atoms with E-state index in [1.54, 1.807) is 12.1 Å². The third-order valence-electron chi connectivity index (χ3n) is 4.51. The Morgan fingerprint density at radius 1 is 1.15 bits per heavy atom. The van der Waals surface area contributed by atoms with Crippen molar-refractivity contribution in [3.63, 3.8) is 0 Å². The lowest BCUT2D eigenvalue weighted by atomic mass is 10.1. The number of carbonyl (C=O) groups excluding carboxylic acids is 1. The van der Waals surface area contributed by atoms with Gasteiger partial charge in [-0.15, -0.1) is 0 Å². The molecule has 0 bridgehead atoms. The molecule has 0 saturated carbocycles. The number of rotatable bonds is 4. The lowest BCUT2D eigenvalue weighted by molar-refractivity contribution is 0.0975. The number of carbonyl (C=O) groups is 1. The summed E-state index contributed by atoms with van der Waals surface area (Å²) in [5, 5.41) is 6.12. The molecule has 1 amide bonds. The summed E-state index contributed by atoms with van der Waals surface area (Å²) in [5.41, 5.74) is 3.90. The molecule has 1 heterocycles. The van der Waals surface area contributed by atoms with Crippen LogP contribution in [0.25, 0.3) is 0 Å². The normalized spacial score (nSPS) is 17.2. The average Bonchev–Trinajstić information content (AvgIpc) is 3.17. The Labute approximate surface area is 154 Å². The van der Waals surface area contributed by atoms with Gasteiger partial charge in [-0.05, 0) is 62.1 Å². The van der Waals surface area contributed by atoms with Gasteiger partial charge >= 0.3 is 0 Å². The molecule has 1 saturated heterocycles. The molecule has 0 radical (unpaired) electrons. The summed E-state index contributed by atoms with van der Waals surface area (Å²) in [6.45, 7) is 5.45. The van der Waals surface area contributed by atoms with Gasteiger partial charge in [-0.2, -0.15) is 0 Å². The van der Waals surface area contributed by atoms with E-state index in [2.05, 4.69) is 29.5 Å². The molecule has 1 aliphatic rings. The second kappa shape index (κ2) is 8.63. The highest BCUT2D eigenvalue weighted by Crippen LogP contribution is 2.15. The van der Waals surface area contributed by atoms with Crippen LogP contribution < -0.4 is 10.6 Å². The highest BCUT2D eigenvalue weighted by atomic mass is 16.5. The van der Waals surface area contributed by atoms with Gasteiger partial charge in [-0.3, -0.25) is 10.1 Å². The van der Waals surface area contributed by atoms with Gasteiger partial charge in [0.25, 0.3) is 5.91 Å². The van der Waals surface area contributed by atoms with Crippen molar-refractivity contribution >= 4 is 17.6 Å². The summed E-state index contributed by atoms with van der Waals surface area (Å²) < 4.78 is 5.63. The summed E-state index contributed by atoms with van der Waals surface area (Å²) in [7, 11) is 0. The Kier molecular flexibility index (Phi) is 6.02. The number of hydrogen-bond acceptors (Lipinski definition) is 3. The minimum atomic E-state index is -0.187. The fourth-order valence-corrected chi connectivity index (χ4v) is 2.82. The van der Waals surface area contributed by atoms with Gasteiger partial charge < -0.3 is 10.1 Å². The number of anilines is 1. The molecule has 1 atom stereocenters. The van der Waals surface area contributed by atoms with Crippen molar-refractivity contribution in [3.05, 3.63) is 65.2 Å². The zero-order valence-corrected chi connectivity index (χ0v) is 15.3. The highest BCUT2D eigenvalue weighted by molar-refractivity contribution is 6.09. The topological polar surface area (TPSA) is 62.7 Å². The average molecular weight is 351 g/mol. The summed E-state index contributed by atoms with van der Waals surface area (Å²) in [6, 6.07) is 15.2. The van der Waals surface area contributed by atoms with Crippen LogP contribution >= 0.6 is 0 Å². The Bertz CT molecular complexity index is 781. The van der Waals surface area contributed by atoms with Crippen LogP contribution in [-0.2, 0) is 4.74 Å². The van der Waals surface area contributed by atoms with Crippen molar-refractivity contribution in [2.45, 2.75) is 32.8 Å². The van der Waals surface area contributed by atoms with Crippen molar-refractivity contribution < 1.29 is 9.53 Å². The van der Waals surface area contributed by atoms with Gasteiger partial charge in [0, 0.05) is 17.9 Å². The molecule has 3 rings (SSSR count). The van der Waals surface area contributed by atoms with Crippen molar-refractivity contribution in [1.29, 1.82) is 0 Å². The predicted molar refractivity (Wildman–Crippen MR) is 105 cm³/mol. The van der Waals surface area contributed by atoms with Crippen molar-refractivity contribution in [2.24, 2.45) is 4.99 Å². The number of guanidine groups is 1. The molecule has 0 aromatic heterocycles. The van der Waals surface area contributed by atoms with Gasteiger partial charge in [0.05, 0.1) is 12.6 Å². The molecule has 136 valence electrons. The van der Waals surface area contributed by atoms with E-state index < -0.39 is 0 Å². The van der Waals surface area contributed by atoms with E-state index in [0.29, 0.717) is 18.1 Å². The van der Waals surface area contributed by atoms with Crippen LogP contribution in [0, 0.1) is 13.8 Å². The SMILES string of the molecule is Cc1ccc(NC(=NCC2CCCO2)NC(=O)c2ccccc2)cc1C. The Balaban J connectivity index is 1.75. The van der Waals surface area contributed by atoms with Crippen LogP contribution in [0.4, 0.5) is 5.69 Å². The Morgan fingerprint density at radius 2 is 1.96 bits per heavy atom. The first kappa shape index (κ1) is 18.1. The Hall–Kier alpha value is -2.66. The van der Waals surface area contributed by atoms with Crippen LogP contribution in [0.1, 0.15) is 34.3 Å². The molecule has 0 spiro atoms. The minimum absolute atomic E-state index is 0.125. The van der Waals surface area contributed by atoms with E-state index >= 15 is 0 Å². The first-order valence-corrected chi connectivity index (χ1v) is 8.98. The van der Waals surface area contributed by atoms with E-state index in [0.717, 1.165) is 25.1 Å². The lowest BCUT2D eigenvalue weighted by Crippen LogP contribution is -2.36. The van der Waals surface area contributed by atoms with E-state index in [9.17, 15) is 4.79 Å². The number of benzene rings is 2. The monoisotopic (exact) mass is 351 g/mol. The van der Waals surface area contributed by atoms with Crippen LogP contribution in [0.5, 0.6) is 0 Å². The fourth-order valence-electron chi connectivity index (χ4n) is 2.82. The van der Waals surface area contributed by atoms with Crippen molar-refractivity contribution in [2.75, 3.05) is 18.5 Å². The molecule has 2 N–H and O–H groups in total. The lowest BCUT2D eigenvalue weighted by Gasteiger charge is -2.14. The zero-order valence-electron chi connectivity index (χ0n) is 15.3. The third kappa shape index (κ3) is 4.92. The first-order valence-electron chi connectivity index (χ1n) is 8.98. The van der Waals surface area contributed by atoms with Gasteiger partial charge in [0.2, 0.25) is 5.96 Å². The molecule has 1 fully saturated rings. The molecule has 5 heteroatoms. The molecule has 26 heavy (non-hydrogen) atoms. The van der Waals surface area contributed by atoms with Crippen molar-refractivity contribution in [1.82, 2.24) is 5.32 Å². The van der Waals surface area contributed by atoms with Gasteiger partial charge in [-0.1, -0.05) is 24.3 Å². The summed E-state index contributed by atoms with van der Waals surface area (Å²) in [6.07, 6.45) is 2.20. The van der Waals surface area contributed by atoms with E-state index in [1.807, 2.05) is 36.4 Å². The summed E-state index contributed by atoms with van der Waals surface area (Å²) >= 11 is 0. The zero-order chi connectivity index (χ0) is 18.4. The molecule has 1 unspecified atom stereocenters. The number of hydrogen-bond donors (Lipinski definition) is 2. The maximum absolute atomic E-state index is 12.5. The number of ether oxygens (including phenoxy) is 1. The maximum atomic E-state index is 12.5. The largest absolute Gasteiger partial charge is 0.376 e. The van der Waals surface area contributed by atoms with Gasteiger partial charge in [0.1, 0.15) is 0 Å². The van der Waals surface area contributed by atoms with Gasteiger partial charge in [-0.25, -0.2) is 4.99 Å². The fraction of sp³-hybridized carbons (Fsp3) is 0.333. The molecule has 2 aromatic rings. The highest BCUT2D eigenvalue weighted by Gasteiger charge is 2.16. The van der Waals surface area contributed by atoms with Crippen LogP contribution in [0.15, 0.2) is 53.5 Å². The molecular formula is C21H25N3O2. The van der Waals surface area contributed by atoms with E-state index in [4.69, 9.17) is 4.74 Å². The first-order chi connectivity index (χ1) is 12.6. The van der Waals surface area contributed by atoms with Crippen molar-refractivity contribution in [3.8, 4) is 0 Å². The Morgan fingerprint density at radius 3 is 2.65 bits per heavy atom. The molecule has 0 aliphatic carbocycles. The summed E-state index contributed by atoms with van der Waals surface area (Å²) in [4.78, 5) is 17.1. The molecule has 5 nitrogen and oxygen atoms in total. The second-order valence-corrected chi connectivity index (χ2v) is 6.57. The van der Waals surface area contributed by atoms with E-state index in [1.165, 1.54) is 11.1 Å². The molecular weight excluding hydrogens is 326 g/mol. The van der Waals surface area contributed by atoms with Crippen LogP contribution in [0.2, 0.25) is 0 Å². The molecule has 1 aliphatic heterocycles. The van der Waals surface area contributed by atoms with Crippen LogP contribution in [-0.4, -0.2) is 31.1 Å².